The van der Waals surface area contributed by atoms with Crippen LogP contribution in [0.5, 0.6) is 0 Å². The minimum Gasteiger partial charge on any atom is -0.838 e. The monoisotopic (exact) mass is 293 g/mol. The van der Waals surface area contributed by atoms with Crippen molar-refractivity contribution < 1.29 is 26.8 Å². The van der Waals surface area contributed by atoms with Crippen LogP contribution in [0, 0.1) is 0 Å². The molecule has 0 bridgehead atoms. The predicted molar refractivity (Wildman–Crippen MR) is 46.3 cm³/mol. The maximum atomic E-state index is 10.1. The van der Waals surface area contributed by atoms with Gasteiger partial charge in [0.1, 0.15) is 4.33 Å². The zero-order valence-electron chi connectivity index (χ0n) is 5.58. The van der Waals surface area contributed by atoms with Crippen LogP contribution in [0.15, 0.2) is 0 Å². The second-order valence-corrected chi connectivity index (χ2v) is 4.34. The Morgan fingerprint density at radius 3 is 1.45 bits per heavy atom. The molecular formula is C4H6Cl5OTi. The molecule has 0 aromatic carbocycles. The molecule has 0 saturated heterocycles. The van der Waals surface area contributed by atoms with Gasteiger partial charge in [-0.3, -0.25) is 0 Å². The summed E-state index contributed by atoms with van der Waals surface area (Å²) in [6, 6.07) is 0. The predicted octanol–water partition coefficient (Wildman–Crippen LogP) is 2.52. The van der Waals surface area contributed by atoms with Crippen molar-refractivity contribution in [3.8, 4) is 0 Å². The van der Waals surface area contributed by atoms with Gasteiger partial charge in [-0.05, 0) is 12.5 Å². The molecule has 0 N–H and O–H groups in total. The molecule has 0 aliphatic heterocycles. The number of rotatable bonds is 1. The van der Waals surface area contributed by atoms with E-state index >= 15 is 0 Å². The van der Waals surface area contributed by atoms with Gasteiger partial charge in [-0.25, -0.2) is 0 Å². The van der Waals surface area contributed by atoms with Crippen LogP contribution < -0.4 is 5.11 Å². The van der Waals surface area contributed by atoms with Crippen molar-refractivity contribution >= 4 is 58.0 Å². The summed E-state index contributed by atoms with van der Waals surface area (Å²) >= 11 is 24.8. The molecule has 1 radical (unpaired) electrons. The van der Waals surface area contributed by atoms with E-state index < -0.39 is 9.90 Å². The van der Waals surface area contributed by atoms with E-state index in [9.17, 15) is 5.11 Å². The van der Waals surface area contributed by atoms with Crippen LogP contribution in [0.25, 0.3) is 0 Å². The maximum Gasteiger partial charge on any atom is 1.00 e. The van der Waals surface area contributed by atoms with E-state index in [0.717, 1.165) is 0 Å². The molecule has 0 spiro atoms. The van der Waals surface area contributed by atoms with Crippen LogP contribution in [0.3, 0.4) is 0 Å². The van der Waals surface area contributed by atoms with Crippen molar-refractivity contribution in [2.45, 2.75) is 16.8 Å². The molecule has 0 aromatic heterocycles. The summed E-state index contributed by atoms with van der Waals surface area (Å²) in [4.78, 5) is 0. The summed E-state index contributed by atoms with van der Waals surface area (Å²) < 4.78 is -1.35. The fourth-order valence-corrected chi connectivity index (χ4v) is 0. The first-order chi connectivity index (χ1) is 4.36. The maximum absolute atomic E-state index is 10.1. The molecular weight excluding hydrogens is 289 g/mol. The molecule has 11 heavy (non-hydrogen) atoms. The van der Waals surface area contributed by atoms with E-state index in [4.69, 9.17) is 58.0 Å². The average Bonchev–Trinajstić information content (AvgIpc) is 1.64. The standard InChI is InChI=1S/C3H4Cl3O.CH2Cl2.Ti/c1-3(5,6)2(4)7;2-1-3;/h2H,1H3;1H2;/q-1;;+1. The van der Waals surface area contributed by atoms with Gasteiger partial charge in [0.25, 0.3) is 0 Å². The number of alkyl halides is 5. The third kappa shape index (κ3) is 18.8. The fraction of sp³-hybridized carbons (Fsp3) is 1.00. The molecule has 1 nitrogen and oxygen atoms in total. The molecule has 0 heterocycles. The Kier molecular flexibility index (Phi) is 17.5. The molecule has 0 aliphatic carbocycles. The van der Waals surface area contributed by atoms with Crippen LogP contribution in [0.2, 0.25) is 0 Å². The third-order valence-corrected chi connectivity index (χ3v) is 1.45. The fourth-order valence-electron chi connectivity index (χ4n) is 0. The molecule has 1 unspecified atom stereocenters. The first-order valence-corrected chi connectivity index (χ1v) is 4.42. The van der Waals surface area contributed by atoms with E-state index in [1.807, 2.05) is 0 Å². The Balaban J connectivity index is -0.000000140. The van der Waals surface area contributed by atoms with Crippen LogP contribution in [0.1, 0.15) is 6.92 Å². The number of halogens is 5. The van der Waals surface area contributed by atoms with E-state index in [-0.39, 0.29) is 27.1 Å². The second-order valence-electron chi connectivity index (χ2n) is 1.37. The molecule has 7 heteroatoms. The Labute approximate surface area is 106 Å². The Morgan fingerprint density at radius 1 is 1.36 bits per heavy atom. The van der Waals surface area contributed by atoms with Gasteiger partial charge in [-0.1, -0.05) is 0 Å². The van der Waals surface area contributed by atoms with E-state index in [0.29, 0.717) is 0 Å². The van der Waals surface area contributed by atoms with Gasteiger partial charge in [0, 0.05) is 0 Å². The molecule has 1 atom stereocenters. The summed E-state index contributed by atoms with van der Waals surface area (Å²) in [5.41, 5.74) is -1.45. The summed E-state index contributed by atoms with van der Waals surface area (Å²) in [6.45, 7) is 1.35. The number of hydrogen-bond donors (Lipinski definition) is 0. The molecule has 0 rings (SSSR count). The summed E-state index contributed by atoms with van der Waals surface area (Å²) in [7, 11) is 0. The van der Waals surface area contributed by atoms with Crippen LogP contribution in [-0.2, 0) is 21.7 Å². The number of hydrogen-bond acceptors (Lipinski definition) is 1. The zero-order chi connectivity index (χ0) is 8.78. The quantitative estimate of drug-likeness (QED) is 0.538. The second kappa shape index (κ2) is 10.2. The van der Waals surface area contributed by atoms with Gasteiger partial charge in [0.05, 0.1) is 5.34 Å². The van der Waals surface area contributed by atoms with E-state index in [1.165, 1.54) is 6.92 Å². The van der Waals surface area contributed by atoms with Gasteiger partial charge >= 0.3 is 21.7 Å². The summed E-state index contributed by atoms with van der Waals surface area (Å²) in [5, 5.41) is 10.2. The van der Waals surface area contributed by atoms with Gasteiger partial charge in [-0.15, -0.1) is 58.0 Å². The molecule has 0 saturated carbocycles. The topological polar surface area (TPSA) is 23.1 Å². The Bertz CT molecular complexity index is 73.4. The molecule has 0 fully saturated rings. The third-order valence-electron chi connectivity index (χ3n) is 0.399. The normalized spacial score (nSPS) is 12.3. The minimum absolute atomic E-state index is 0. The molecule has 0 aliphatic rings. The van der Waals surface area contributed by atoms with Crippen molar-refractivity contribution in [3.05, 3.63) is 0 Å². The van der Waals surface area contributed by atoms with E-state index in [2.05, 4.69) is 0 Å². The SMILES string of the molecule is CC(Cl)(Cl)C([O-])Cl.ClCCl.[Ti+]. The van der Waals surface area contributed by atoms with Gasteiger partial charge in [0.15, 0.2) is 0 Å². The van der Waals surface area contributed by atoms with Gasteiger partial charge in [0.2, 0.25) is 0 Å². The van der Waals surface area contributed by atoms with Crippen molar-refractivity contribution in [2.24, 2.45) is 0 Å². The summed E-state index contributed by atoms with van der Waals surface area (Å²) in [6.07, 6.45) is 0. The van der Waals surface area contributed by atoms with Crippen molar-refractivity contribution in [1.82, 2.24) is 0 Å². The Morgan fingerprint density at radius 2 is 1.45 bits per heavy atom. The average molecular weight is 295 g/mol. The van der Waals surface area contributed by atoms with E-state index in [1.54, 1.807) is 0 Å². The first-order valence-electron chi connectivity index (χ1n) is 2.16. The van der Waals surface area contributed by atoms with Crippen LogP contribution >= 0.6 is 58.0 Å². The summed E-state index contributed by atoms with van der Waals surface area (Å²) in [5.74, 6) is 0. The largest absolute Gasteiger partial charge is 1.00 e. The van der Waals surface area contributed by atoms with Crippen LogP contribution in [0.4, 0.5) is 0 Å². The zero-order valence-corrected chi connectivity index (χ0v) is 10.9. The van der Waals surface area contributed by atoms with Crippen molar-refractivity contribution in [1.29, 1.82) is 0 Å². The minimum atomic E-state index is -1.45. The Hall–Kier alpha value is 2.12. The molecule has 67 valence electrons. The smallest absolute Gasteiger partial charge is 0.838 e. The van der Waals surface area contributed by atoms with Crippen molar-refractivity contribution in [3.63, 3.8) is 0 Å². The first kappa shape index (κ1) is 18.8. The van der Waals surface area contributed by atoms with Gasteiger partial charge < -0.3 is 5.11 Å². The van der Waals surface area contributed by atoms with Crippen molar-refractivity contribution in [2.75, 3.05) is 5.34 Å². The van der Waals surface area contributed by atoms with Crippen LogP contribution in [-0.4, -0.2) is 15.2 Å². The van der Waals surface area contributed by atoms with Gasteiger partial charge in [-0.2, -0.15) is 0 Å². The molecule has 0 amide bonds. The molecule has 0 aromatic rings.